The van der Waals surface area contributed by atoms with Gasteiger partial charge in [-0.15, -0.1) is 0 Å². The van der Waals surface area contributed by atoms with E-state index in [0.29, 0.717) is 6.42 Å². The number of hydrogen-bond donors (Lipinski definition) is 0. The zero-order chi connectivity index (χ0) is 13.9. The molecule has 104 valence electrons. The number of halogens is 2. The van der Waals surface area contributed by atoms with Crippen molar-refractivity contribution in [2.75, 3.05) is 0 Å². The molecule has 0 N–H and O–H groups in total. The van der Waals surface area contributed by atoms with E-state index in [1.807, 2.05) is 30.3 Å². The molecule has 0 aliphatic heterocycles. The maximum Gasteiger partial charge on any atom is 0.309 e. The molecule has 1 saturated carbocycles. The summed E-state index contributed by atoms with van der Waals surface area (Å²) < 4.78 is 32.0. The monoisotopic (exact) mass is 268 g/mol. The molecule has 19 heavy (non-hydrogen) atoms. The fourth-order valence-electron chi connectivity index (χ4n) is 2.63. The van der Waals surface area contributed by atoms with Crippen molar-refractivity contribution in [3.05, 3.63) is 35.9 Å². The van der Waals surface area contributed by atoms with Crippen LogP contribution in [0.4, 0.5) is 8.78 Å². The lowest BCUT2D eigenvalue weighted by Gasteiger charge is -2.31. The lowest BCUT2D eigenvalue weighted by molar-refractivity contribution is -0.159. The zero-order valence-corrected chi connectivity index (χ0v) is 10.9. The normalized spacial score (nSPS) is 25.8. The number of hydrogen-bond acceptors (Lipinski definition) is 2. The third-order valence-electron chi connectivity index (χ3n) is 3.44. The van der Waals surface area contributed by atoms with Crippen LogP contribution in [0.5, 0.6) is 0 Å². The molecule has 0 unspecified atom stereocenters. The van der Waals surface area contributed by atoms with Crippen molar-refractivity contribution in [2.24, 2.45) is 11.8 Å². The minimum atomic E-state index is -2.74. The highest BCUT2D eigenvalue weighted by atomic mass is 19.3. The van der Waals surface area contributed by atoms with Gasteiger partial charge in [-0.05, 0) is 17.9 Å². The molecular weight excluding hydrogens is 250 g/mol. The highest BCUT2D eigenvalue weighted by Gasteiger charge is 2.42. The first-order valence-electron chi connectivity index (χ1n) is 6.55. The van der Waals surface area contributed by atoms with Gasteiger partial charge >= 0.3 is 5.97 Å². The standard InChI is InChI=1S/C15H18F2O2/c1-11-7-13(9-15(16,17)8-11)14(18)19-10-12-5-3-2-4-6-12/h2-6,11,13H,7-10H2,1H3/t11-,13-/m0/s1. The Balaban J connectivity index is 1.89. The molecule has 1 fully saturated rings. The van der Waals surface area contributed by atoms with Crippen LogP contribution in [-0.4, -0.2) is 11.9 Å². The average Bonchev–Trinajstić information content (AvgIpc) is 2.34. The molecule has 0 spiro atoms. The number of esters is 1. The Hall–Kier alpha value is -1.45. The van der Waals surface area contributed by atoms with Crippen LogP contribution in [0.1, 0.15) is 31.7 Å². The first-order valence-corrected chi connectivity index (χ1v) is 6.55. The summed E-state index contributed by atoms with van der Waals surface area (Å²) in [4.78, 5) is 11.8. The van der Waals surface area contributed by atoms with E-state index in [1.165, 1.54) is 0 Å². The van der Waals surface area contributed by atoms with Gasteiger partial charge in [-0.1, -0.05) is 37.3 Å². The second kappa shape index (κ2) is 5.68. The van der Waals surface area contributed by atoms with E-state index in [-0.39, 0.29) is 25.4 Å². The van der Waals surface area contributed by atoms with Crippen LogP contribution in [0, 0.1) is 11.8 Å². The molecule has 0 radical (unpaired) electrons. The van der Waals surface area contributed by atoms with E-state index in [4.69, 9.17) is 4.74 Å². The van der Waals surface area contributed by atoms with Gasteiger partial charge in [-0.3, -0.25) is 4.79 Å². The van der Waals surface area contributed by atoms with Gasteiger partial charge in [0.25, 0.3) is 0 Å². The second-order valence-corrected chi connectivity index (χ2v) is 5.40. The van der Waals surface area contributed by atoms with Crippen molar-refractivity contribution < 1.29 is 18.3 Å². The highest BCUT2D eigenvalue weighted by molar-refractivity contribution is 5.72. The maximum atomic E-state index is 13.4. The summed E-state index contributed by atoms with van der Waals surface area (Å²) in [6.45, 7) is 1.90. The van der Waals surface area contributed by atoms with Crippen LogP contribution < -0.4 is 0 Å². The fourth-order valence-corrected chi connectivity index (χ4v) is 2.63. The molecule has 4 heteroatoms. The molecule has 2 atom stereocenters. The van der Waals surface area contributed by atoms with Gasteiger partial charge in [0, 0.05) is 12.8 Å². The third-order valence-corrected chi connectivity index (χ3v) is 3.44. The molecule has 1 aromatic carbocycles. The minimum absolute atomic E-state index is 0.129. The first-order chi connectivity index (χ1) is 8.96. The van der Waals surface area contributed by atoms with Crippen LogP contribution in [0.3, 0.4) is 0 Å². The predicted octanol–water partition coefficient (Wildman–Crippen LogP) is 3.80. The van der Waals surface area contributed by atoms with E-state index in [1.54, 1.807) is 6.92 Å². The topological polar surface area (TPSA) is 26.3 Å². The third kappa shape index (κ3) is 4.01. The summed E-state index contributed by atoms with van der Waals surface area (Å²) in [5, 5.41) is 0. The molecule has 0 heterocycles. The summed E-state index contributed by atoms with van der Waals surface area (Å²) in [6.07, 6.45) is -0.0242. The molecule has 1 aliphatic rings. The van der Waals surface area contributed by atoms with E-state index >= 15 is 0 Å². The average molecular weight is 268 g/mol. The van der Waals surface area contributed by atoms with Gasteiger partial charge in [0.1, 0.15) is 6.61 Å². The lowest BCUT2D eigenvalue weighted by atomic mass is 9.80. The predicted molar refractivity (Wildman–Crippen MR) is 67.7 cm³/mol. The quantitative estimate of drug-likeness (QED) is 0.779. The molecule has 1 aliphatic carbocycles. The SMILES string of the molecule is C[C@H]1C[C@H](C(=O)OCc2ccccc2)CC(F)(F)C1. The van der Waals surface area contributed by atoms with E-state index in [0.717, 1.165) is 5.56 Å². The molecule has 1 aromatic rings. The highest BCUT2D eigenvalue weighted by Crippen LogP contribution is 2.40. The fraction of sp³-hybridized carbons (Fsp3) is 0.533. The van der Waals surface area contributed by atoms with Crippen LogP contribution in [-0.2, 0) is 16.1 Å². The Labute approximate surface area is 111 Å². The van der Waals surface area contributed by atoms with Gasteiger partial charge in [0.2, 0.25) is 5.92 Å². The smallest absolute Gasteiger partial charge is 0.309 e. The number of alkyl halides is 2. The van der Waals surface area contributed by atoms with Crippen LogP contribution >= 0.6 is 0 Å². The Kier molecular flexibility index (Phi) is 4.17. The molecule has 0 aromatic heterocycles. The van der Waals surface area contributed by atoms with Gasteiger partial charge in [-0.2, -0.15) is 0 Å². The number of carbonyl (C=O) groups excluding carboxylic acids is 1. The van der Waals surface area contributed by atoms with Crippen molar-refractivity contribution in [3.8, 4) is 0 Å². The lowest BCUT2D eigenvalue weighted by Crippen LogP contribution is -2.35. The summed E-state index contributed by atoms with van der Waals surface area (Å²) in [7, 11) is 0. The Bertz CT molecular complexity index is 431. The molecule has 0 bridgehead atoms. The zero-order valence-electron chi connectivity index (χ0n) is 10.9. The molecule has 0 amide bonds. The van der Waals surface area contributed by atoms with Crippen LogP contribution in [0.2, 0.25) is 0 Å². The Morgan fingerprint density at radius 1 is 1.32 bits per heavy atom. The number of benzene rings is 1. The van der Waals surface area contributed by atoms with E-state index in [9.17, 15) is 13.6 Å². The van der Waals surface area contributed by atoms with Gasteiger partial charge < -0.3 is 4.74 Å². The van der Waals surface area contributed by atoms with Gasteiger partial charge in [0.05, 0.1) is 5.92 Å². The first kappa shape index (κ1) is 14.0. The molecule has 0 saturated heterocycles. The summed E-state index contributed by atoms with van der Waals surface area (Å²) in [6, 6.07) is 9.24. The summed E-state index contributed by atoms with van der Waals surface area (Å²) >= 11 is 0. The number of carbonyl (C=O) groups is 1. The largest absolute Gasteiger partial charge is 0.461 e. The van der Waals surface area contributed by atoms with Crippen molar-refractivity contribution in [2.45, 2.75) is 38.7 Å². The van der Waals surface area contributed by atoms with Gasteiger partial charge in [0.15, 0.2) is 0 Å². The maximum absolute atomic E-state index is 13.4. The summed E-state index contributed by atoms with van der Waals surface area (Å²) in [5.41, 5.74) is 0.867. The molecule has 2 nitrogen and oxygen atoms in total. The summed E-state index contributed by atoms with van der Waals surface area (Å²) in [5.74, 6) is -4.07. The van der Waals surface area contributed by atoms with Gasteiger partial charge in [-0.25, -0.2) is 8.78 Å². The van der Waals surface area contributed by atoms with Crippen molar-refractivity contribution >= 4 is 5.97 Å². The van der Waals surface area contributed by atoms with E-state index < -0.39 is 17.8 Å². The Morgan fingerprint density at radius 2 is 2.00 bits per heavy atom. The number of ether oxygens (including phenoxy) is 1. The van der Waals surface area contributed by atoms with Crippen LogP contribution in [0.15, 0.2) is 30.3 Å². The van der Waals surface area contributed by atoms with Crippen molar-refractivity contribution in [3.63, 3.8) is 0 Å². The van der Waals surface area contributed by atoms with Crippen molar-refractivity contribution in [1.29, 1.82) is 0 Å². The molecule has 2 rings (SSSR count). The van der Waals surface area contributed by atoms with Crippen molar-refractivity contribution in [1.82, 2.24) is 0 Å². The number of rotatable bonds is 3. The minimum Gasteiger partial charge on any atom is -0.461 e. The van der Waals surface area contributed by atoms with Crippen LogP contribution in [0.25, 0.3) is 0 Å². The Morgan fingerprint density at radius 3 is 2.63 bits per heavy atom. The molecular formula is C15H18F2O2. The van der Waals surface area contributed by atoms with E-state index in [2.05, 4.69) is 0 Å². The second-order valence-electron chi connectivity index (χ2n) is 5.40.